The van der Waals surface area contributed by atoms with E-state index < -0.39 is 0 Å². The topological polar surface area (TPSA) is 60.2 Å². The van der Waals surface area contributed by atoms with E-state index in [1.165, 1.54) is 0 Å². The van der Waals surface area contributed by atoms with Gasteiger partial charge in [-0.25, -0.2) is 0 Å². The van der Waals surface area contributed by atoms with Crippen LogP contribution in [0.3, 0.4) is 0 Å². The first-order valence-corrected chi connectivity index (χ1v) is 6.95. The molecule has 18 heavy (non-hydrogen) atoms. The Bertz CT molecular complexity index is 348. The number of rotatable bonds is 8. The van der Waals surface area contributed by atoms with Gasteiger partial charge in [-0.3, -0.25) is 0 Å². The van der Waals surface area contributed by atoms with Crippen molar-refractivity contribution in [1.29, 1.82) is 0 Å². The molecule has 1 aromatic heterocycles. The molecule has 0 aliphatic heterocycles. The van der Waals surface area contributed by atoms with Crippen molar-refractivity contribution in [3.05, 3.63) is 11.8 Å². The Kier molecular flexibility index (Phi) is 5.13. The van der Waals surface area contributed by atoms with Crippen molar-refractivity contribution < 1.29 is 9.15 Å². The Morgan fingerprint density at radius 2 is 2.06 bits per heavy atom. The lowest BCUT2D eigenvalue weighted by molar-refractivity contribution is -0.0255. The zero-order chi connectivity index (χ0) is 12.8. The summed E-state index contributed by atoms with van der Waals surface area (Å²) < 4.78 is 11.2. The lowest BCUT2D eigenvalue weighted by Gasteiger charge is -2.33. The number of likely N-dealkylation sites (N-methyl/N-ethyl adjacent to an activating group) is 1. The second-order valence-corrected chi connectivity index (χ2v) is 4.81. The van der Waals surface area contributed by atoms with Gasteiger partial charge in [0.1, 0.15) is 0 Å². The van der Waals surface area contributed by atoms with Gasteiger partial charge >= 0.3 is 0 Å². The fourth-order valence-corrected chi connectivity index (χ4v) is 2.30. The molecule has 0 amide bonds. The fourth-order valence-electron chi connectivity index (χ4n) is 2.30. The molecule has 0 spiro atoms. The van der Waals surface area contributed by atoms with E-state index in [1.807, 2.05) is 6.92 Å². The highest BCUT2D eigenvalue weighted by Gasteiger charge is 2.30. The van der Waals surface area contributed by atoms with Crippen LogP contribution >= 0.6 is 0 Å². The van der Waals surface area contributed by atoms with Crippen molar-refractivity contribution in [2.75, 3.05) is 19.7 Å². The van der Waals surface area contributed by atoms with Gasteiger partial charge in [0.2, 0.25) is 11.8 Å². The van der Waals surface area contributed by atoms with Crippen LogP contribution in [-0.2, 0) is 17.6 Å². The smallest absolute Gasteiger partial charge is 0.217 e. The summed E-state index contributed by atoms with van der Waals surface area (Å²) >= 11 is 0. The van der Waals surface area contributed by atoms with E-state index in [4.69, 9.17) is 9.15 Å². The lowest BCUT2D eigenvalue weighted by atomic mass is 9.80. The van der Waals surface area contributed by atoms with Crippen molar-refractivity contribution in [1.82, 2.24) is 15.5 Å². The highest BCUT2D eigenvalue weighted by atomic mass is 16.5. The molecule has 1 saturated carbocycles. The van der Waals surface area contributed by atoms with Crippen LogP contribution in [0.15, 0.2) is 4.42 Å². The molecule has 1 aromatic rings. The molecular formula is C13H23N3O2. The van der Waals surface area contributed by atoms with Gasteiger partial charge < -0.3 is 14.5 Å². The standard InChI is InChI=1S/C13H23N3O2/c1-3-14-6-5-12-15-16-13(18-12)9-10-7-11(8-10)17-4-2/h10-11,14H,3-9H2,1-2H3. The molecule has 0 saturated heterocycles. The summed E-state index contributed by atoms with van der Waals surface area (Å²) in [6, 6.07) is 0. The second kappa shape index (κ2) is 6.85. The van der Waals surface area contributed by atoms with E-state index in [9.17, 15) is 0 Å². The predicted molar refractivity (Wildman–Crippen MR) is 68.4 cm³/mol. The quantitative estimate of drug-likeness (QED) is 0.713. The third-order valence-corrected chi connectivity index (χ3v) is 3.33. The summed E-state index contributed by atoms with van der Waals surface area (Å²) in [6.45, 7) is 6.81. The van der Waals surface area contributed by atoms with Crippen LogP contribution in [0.5, 0.6) is 0 Å². The van der Waals surface area contributed by atoms with E-state index in [1.54, 1.807) is 0 Å². The van der Waals surface area contributed by atoms with Crippen LogP contribution in [0.25, 0.3) is 0 Å². The zero-order valence-corrected chi connectivity index (χ0v) is 11.3. The number of nitrogens with zero attached hydrogens (tertiary/aromatic N) is 2. The highest BCUT2D eigenvalue weighted by Crippen LogP contribution is 2.32. The van der Waals surface area contributed by atoms with Gasteiger partial charge in [0.25, 0.3) is 0 Å². The Morgan fingerprint density at radius 3 is 2.78 bits per heavy atom. The Labute approximate surface area is 108 Å². The van der Waals surface area contributed by atoms with Crippen LogP contribution in [0, 0.1) is 5.92 Å². The molecule has 1 N–H and O–H groups in total. The molecule has 1 aliphatic carbocycles. The van der Waals surface area contributed by atoms with Crippen LogP contribution in [0.2, 0.25) is 0 Å². The first-order valence-electron chi connectivity index (χ1n) is 6.95. The molecule has 0 aromatic carbocycles. The second-order valence-electron chi connectivity index (χ2n) is 4.81. The maximum Gasteiger partial charge on any atom is 0.217 e. The molecule has 0 unspecified atom stereocenters. The number of aromatic nitrogens is 2. The van der Waals surface area contributed by atoms with Crippen LogP contribution in [0.1, 0.15) is 38.5 Å². The molecule has 0 bridgehead atoms. The van der Waals surface area contributed by atoms with E-state index in [0.29, 0.717) is 12.0 Å². The van der Waals surface area contributed by atoms with Crippen molar-refractivity contribution in [2.24, 2.45) is 5.92 Å². The van der Waals surface area contributed by atoms with E-state index in [0.717, 1.165) is 57.2 Å². The summed E-state index contributed by atoms with van der Waals surface area (Å²) in [6.07, 6.45) is 4.42. The SMILES string of the molecule is CCNCCc1nnc(CC2CC(OCC)C2)o1. The monoisotopic (exact) mass is 253 g/mol. The van der Waals surface area contributed by atoms with Crippen molar-refractivity contribution >= 4 is 0 Å². The van der Waals surface area contributed by atoms with Gasteiger partial charge in [-0.1, -0.05) is 6.92 Å². The van der Waals surface area contributed by atoms with E-state index in [-0.39, 0.29) is 0 Å². The normalized spacial score (nSPS) is 23.0. The summed E-state index contributed by atoms with van der Waals surface area (Å²) in [4.78, 5) is 0. The molecule has 0 radical (unpaired) electrons. The van der Waals surface area contributed by atoms with Gasteiger partial charge in [0.05, 0.1) is 6.10 Å². The van der Waals surface area contributed by atoms with Crippen LogP contribution < -0.4 is 5.32 Å². The maximum absolute atomic E-state index is 5.63. The number of hydrogen-bond donors (Lipinski definition) is 1. The maximum atomic E-state index is 5.63. The highest BCUT2D eigenvalue weighted by molar-refractivity contribution is 4.90. The molecule has 0 atom stereocenters. The van der Waals surface area contributed by atoms with Gasteiger partial charge in [-0.15, -0.1) is 10.2 Å². The van der Waals surface area contributed by atoms with Crippen LogP contribution in [0.4, 0.5) is 0 Å². The van der Waals surface area contributed by atoms with E-state index in [2.05, 4.69) is 22.4 Å². The molecule has 5 heteroatoms. The van der Waals surface area contributed by atoms with Gasteiger partial charge in [-0.2, -0.15) is 0 Å². The number of hydrogen-bond acceptors (Lipinski definition) is 5. The molecule has 102 valence electrons. The third kappa shape index (κ3) is 3.78. The molecule has 5 nitrogen and oxygen atoms in total. The molecular weight excluding hydrogens is 230 g/mol. The van der Waals surface area contributed by atoms with Crippen molar-refractivity contribution in [3.8, 4) is 0 Å². The Hall–Kier alpha value is -0.940. The summed E-state index contributed by atoms with van der Waals surface area (Å²) in [5, 5.41) is 11.4. The predicted octanol–water partition coefficient (Wildman–Crippen LogP) is 1.58. The number of ether oxygens (including phenoxy) is 1. The lowest BCUT2D eigenvalue weighted by Crippen LogP contribution is -2.32. The van der Waals surface area contributed by atoms with Gasteiger partial charge in [-0.05, 0) is 32.2 Å². The molecule has 1 heterocycles. The summed E-state index contributed by atoms with van der Waals surface area (Å²) in [7, 11) is 0. The molecule has 1 aliphatic rings. The van der Waals surface area contributed by atoms with Gasteiger partial charge in [0.15, 0.2) is 0 Å². The zero-order valence-electron chi connectivity index (χ0n) is 11.3. The summed E-state index contributed by atoms with van der Waals surface area (Å²) in [5.74, 6) is 2.18. The fraction of sp³-hybridized carbons (Fsp3) is 0.846. The minimum Gasteiger partial charge on any atom is -0.425 e. The molecule has 1 fully saturated rings. The van der Waals surface area contributed by atoms with Gasteiger partial charge in [0, 0.05) is 26.0 Å². The van der Waals surface area contributed by atoms with Crippen molar-refractivity contribution in [3.63, 3.8) is 0 Å². The molecule has 2 rings (SSSR count). The average Bonchev–Trinajstić information content (AvgIpc) is 2.75. The van der Waals surface area contributed by atoms with Crippen LogP contribution in [-0.4, -0.2) is 36.0 Å². The minimum atomic E-state index is 0.455. The summed E-state index contributed by atoms with van der Waals surface area (Å²) in [5.41, 5.74) is 0. The largest absolute Gasteiger partial charge is 0.425 e. The Balaban J connectivity index is 1.68. The average molecular weight is 253 g/mol. The van der Waals surface area contributed by atoms with E-state index >= 15 is 0 Å². The Morgan fingerprint density at radius 1 is 1.28 bits per heavy atom. The first-order chi connectivity index (χ1) is 8.81. The first kappa shape index (κ1) is 13.5. The third-order valence-electron chi connectivity index (χ3n) is 3.33. The minimum absolute atomic E-state index is 0.455. The van der Waals surface area contributed by atoms with Crippen molar-refractivity contribution in [2.45, 2.75) is 45.6 Å². The number of nitrogens with one attached hydrogen (secondary N) is 1.